The zero-order chi connectivity index (χ0) is 16.8. The molecule has 2 N–H and O–H groups in total. The Morgan fingerprint density at radius 2 is 1.75 bits per heavy atom. The van der Waals surface area contributed by atoms with Crippen LogP contribution in [-0.4, -0.2) is 61.3 Å². The van der Waals surface area contributed by atoms with Crippen LogP contribution in [0.2, 0.25) is 0 Å². The Morgan fingerprint density at radius 3 is 2.29 bits per heavy atom. The Kier molecular flexibility index (Phi) is 9.30. The first-order valence-corrected chi connectivity index (χ1v) is 9.34. The molecule has 2 fully saturated rings. The molecule has 1 saturated heterocycles. The van der Waals surface area contributed by atoms with E-state index in [1.807, 2.05) is 0 Å². The van der Waals surface area contributed by atoms with Gasteiger partial charge in [-0.25, -0.2) is 0 Å². The normalized spacial score (nSPS) is 22.6. The predicted molar refractivity (Wildman–Crippen MR) is 112 cm³/mol. The molecule has 6 heteroatoms. The number of nitrogens with one attached hydrogen (secondary N) is 2. The maximum Gasteiger partial charge on any atom is 0.191 e. The molecule has 24 heavy (non-hydrogen) atoms. The number of hydrogen-bond acceptors (Lipinski definition) is 3. The summed E-state index contributed by atoms with van der Waals surface area (Å²) in [5.74, 6) is 0.943. The fourth-order valence-electron chi connectivity index (χ4n) is 3.71. The number of aliphatic imine (C=N–C) groups is 1. The van der Waals surface area contributed by atoms with Crippen molar-refractivity contribution in [3.05, 3.63) is 0 Å². The number of ether oxygens (including phenoxy) is 1. The van der Waals surface area contributed by atoms with Gasteiger partial charge in [-0.1, -0.05) is 19.3 Å². The summed E-state index contributed by atoms with van der Waals surface area (Å²) in [5.41, 5.74) is 0.266. The van der Waals surface area contributed by atoms with Crippen molar-refractivity contribution in [3.8, 4) is 0 Å². The molecule has 0 aromatic heterocycles. The molecule has 0 unspecified atom stereocenters. The quantitative estimate of drug-likeness (QED) is 0.391. The monoisotopic (exact) mass is 452 g/mol. The highest BCUT2D eigenvalue weighted by atomic mass is 127. The Hall–Kier alpha value is -0.0800. The minimum Gasteiger partial charge on any atom is -0.379 e. The molecule has 0 spiro atoms. The molecule has 2 rings (SSSR count). The standard InChI is InChI=1S/C18H36N4O.HI/c1-5-19-16(21-17(2,3)4)20-15-18(9-7-6-8-10-18)22-11-13-23-14-12-22;/h5-15H2,1-4H3,(H2,19,20,21);1H. The van der Waals surface area contributed by atoms with Gasteiger partial charge in [-0.05, 0) is 40.5 Å². The Morgan fingerprint density at radius 1 is 1.12 bits per heavy atom. The van der Waals surface area contributed by atoms with Gasteiger partial charge < -0.3 is 15.4 Å². The molecule has 1 aliphatic heterocycles. The van der Waals surface area contributed by atoms with Crippen LogP contribution in [0.3, 0.4) is 0 Å². The molecule has 2 aliphatic rings. The second-order valence-electron chi connectivity index (χ2n) is 7.95. The highest BCUT2D eigenvalue weighted by Crippen LogP contribution is 2.34. The SMILES string of the molecule is CCNC(=NCC1(N2CCOCC2)CCCCC1)NC(C)(C)C.I. The highest BCUT2D eigenvalue weighted by molar-refractivity contribution is 14.0. The van der Waals surface area contributed by atoms with Crippen LogP contribution >= 0.6 is 24.0 Å². The third-order valence-electron chi connectivity index (χ3n) is 4.84. The zero-order valence-corrected chi connectivity index (χ0v) is 18.3. The van der Waals surface area contributed by atoms with Gasteiger partial charge in [0.25, 0.3) is 0 Å². The fourth-order valence-corrected chi connectivity index (χ4v) is 3.71. The highest BCUT2D eigenvalue weighted by Gasteiger charge is 2.38. The second-order valence-corrected chi connectivity index (χ2v) is 7.95. The van der Waals surface area contributed by atoms with Gasteiger partial charge in [0.1, 0.15) is 0 Å². The molecular formula is C18H37IN4O. The second kappa shape index (κ2) is 10.2. The summed E-state index contributed by atoms with van der Waals surface area (Å²) in [4.78, 5) is 7.63. The molecule has 0 radical (unpaired) electrons. The van der Waals surface area contributed by atoms with E-state index in [1.54, 1.807) is 0 Å². The van der Waals surface area contributed by atoms with Crippen LogP contribution in [0.25, 0.3) is 0 Å². The van der Waals surface area contributed by atoms with Crippen LogP contribution in [-0.2, 0) is 4.74 Å². The van der Waals surface area contributed by atoms with E-state index in [0.29, 0.717) is 0 Å². The minimum absolute atomic E-state index is 0. The van der Waals surface area contributed by atoms with E-state index in [0.717, 1.165) is 45.4 Å². The summed E-state index contributed by atoms with van der Waals surface area (Å²) in [6.45, 7) is 14.3. The Bertz CT molecular complexity index is 383. The Balaban J connectivity index is 0.00000288. The third-order valence-corrected chi connectivity index (χ3v) is 4.84. The fraction of sp³-hybridized carbons (Fsp3) is 0.944. The van der Waals surface area contributed by atoms with E-state index < -0.39 is 0 Å². The summed E-state index contributed by atoms with van der Waals surface area (Å²) in [6, 6.07) is 0. The molecule has 1 saturated carbocycles. The minimum atomic E-state index is 0. The predicted octanol–water partition coefficient (Wildman–Crippen LogP) is 2.99. The van der Waals surface area contributed by atoms with Crippen molar-refractivity contribution < 1.29 is 4.74 Å². The molecule has 1 aliphatic carbocycles. The molecular weight excluding hydrogens is 415 g/mol. The molecule has 1 heterocycles. The van der Waals surface area contributed by atoms with Gasteiger partial charge in [0.2, 0.25) is 0 Å². The van der Waals surface area contributed by atoms with Crippen LogP contribution in [0.4, 0.5) is 0 Å². The van der Waals surface area contributed by atoms with Crippen LogP contribution in [0.15, 0.2) is 4.99 Å². The first kappa shape index (κ1) is 22.0. The molecule has 0 atom stereocenters. The number of nitrogens with zero attached hydrogens (tertiary/aromatic N) is 2. The van der Waals surface area contributed by atoms with Crippen molar-refractivity contribution in [3.63, 3.8) is 0 Å². The van der Waals surface area contributed by atoms with E-state index in [1.165, 1.54) is 32.1 Å². The van der Waals surface area contributed by atoms with Gasteiger partial charge in [0, 0.05) is 30.7 Å². The lowest BCUT2D eigenvalue weighted by Gasteiger charge is -2.47. The van der Waals surface area contributed by atoms with E-state index in [2.05, 4.69) is 43.2 Å². The van der Waals surface area contributed by atoms with Gasteiger partial charge in [-0.15, -0.1) is 24.0 Å². The van der Waals surface area contributed by atoms with Crippen molar-refractivity contribution in [2.45, 2.75) is 70.9 Å². The summed E-state index contributed by atoms with van der Waals surface area (Å²) >= 11 is 0. The van der Waals surface area contributed by atoms with Crippen molar-refractivity contribution in [2.24, 2.45) is 4.99 Å². The number of guanidine groups is 1. The molecule has 0 aromatic rings. The largest absolute Gasteiger partial charge is 0.379 e. The van der Waals surface area contributed by atoms with E-state index in [4.69, 9.17) is 9.73 Å². The maximum absolute atomic E-state index is 5.56. The summed E-state index contributed by atoms with van der Waals surface area (Å²) in [6.07, 6.45) is 6.57. The number of rotatable bonds is 4. The van der Waals surface area contributed by atoms with E-state index in [-0.39, 0.29) is 35.1 Å². The van der Waals surface area contributed by atoms with Gasteiger partial charge >= 0.3 is 0 Å². The summed E-state index contributed by atoms with van der Waals surface area (Å²) in [7, 11) is 0. The lowest BCUT2D eigenvalue weighted by molar-refractivity contribution is -0.0333. The first-order chi connectivity index (χ1) is 11.0. The van der Waals surface area contributed by atoms with Crippen molar-refractivity contribution in [1.29, 1.82) is 0 Å². The van der Waals surface area contributed by atoms with Crippen LogP contribution in [0.5, 0.6) is 0 Å². The molecule has 142 valence electrons. The number of halogens is 1. The molecule has 0 aromatic carbocycles. The van der Waals surface area contributed by atoms with Gasteiger partial charge in [0.05, 0.1) is 19.8 Å². The first-order valence-electron chi connectivity index (χ1n) is 9.34. The van der Waals surface area contributed by atoms with Crippen molar-refractivity contribution in [1.82, 2.24) is 15.5 Å². The van der Waals surface area contributed by atoms with Gasteiger partial charge in [-0.2, -0.15) is 0 Å². The Labute approximate surface area is 165 Å². The van der Waals surface area contributed by atoms with Crippen LogP contribution < -0.4 is 10.6 Å². The average molecular weight is 452 g/mol. The summed E-state index contributed by atoms with van der Waals surface area (Å²) in [5, 5.41) is 6.91. The molecule has 5 nitrogen and oxygen atoms in total. The van der Waals surface area contributed by atoms with Crippen LogP contribution in [0, 0.1) is 0 Å². The van der Waals surface area contributed by atoms with Crippen molar-refractivity contribution >= 4 is 29.9 Å². The number of morpholine rings is 1. The molecule has 0 amide bonds. The third kappa shape index (κ3) is 6.67. The van der Waals surface area contributed by atoms with E-state index in [9.17, 15) is 0 Å². The maximum atomic E-state index is 5.56. The van der Waals surface area contributed by atoms with Gasteiger partial charge in [-0.3, -0.25) is 9.89 Å². The average Bonchev–Trinajstić information content (AvgIpc) is 2.53. The number of hydrogen-bond donors (Lipinski definition) is 2. The summed E-state index contributed by atoms with van der Waals surface area (Å²) < 4.78 is 5.56. The van der Waals surface area contributed by atoms with Crippen LogP contribution in [0.1, 0.15) is 59.8 Å². The molecule has 0 bridgehead atoms. The zero-order valence-electron chi connectivity index (χ0n) is 16.0. The van der Waals surface area contributed by atoms with Gasteiger partial charge in [0.15, 0.2) is 5.96 Å². The lowest BCUT2D eigenvalue weighted by atomic mass is 9.80. The van der Waals surface area contributed by atoms with E-state index >= 15 is 0 Å². The lowest BCUT2D eigenvalue weighted by Crippen LogP contribution is -2.57. The smallest absolute Gasteiger partial charge is 0.191 e. The topological polar surface area (TPSA) is 48.9 Å². The van der Waals surface area contributed by atoms with Crippen molar-refractivity contribution in [2.75, 3.05) is 39.4 Å².